The maximum atomic E-state index is 12.4. The molecule has 0 saturated carbocycles. The largest absolute Gasteiger partial charge is 0.449 e. The molecule has 0 aliphatic rings. The van der Waals surface area contributed by atoms with Crippen LogP contribution >= 0.6 is 34.9 Å². The van der Waals surface area contributed by atoms with E-state index in [1.807, 2.05) is 18.2 Å². The predicted octanol–water partition coefficient (Wildman–Crippen LogP) is 5.87. The molecule has 2 aromatic carbocycles. The lowest BCUT2D eigenvalue weighted by molar-refractivity contribution is 0.252. The number of alkyl halides is 2. The van der Waals surface area contributed by atoms with Gasteiger partial charge in [0.15, 0.2) is 4.34 Å². The molecule has 0 radical (unpaired) electrons. The van der Waals surface area contributed by atoms with Crippen LogP contribution in [0.3, 0.4) is 0 Å². The monoisotopic (exact) mass is 489 g/mol. The summed E-state index contributed by atoms with van der Waals surface area (Å²) in [5.74, 6) is -1.54. The van der Waals surface area contributed by atoms with Gasteiger partial charge in [0.25, 0.3) is 11.3 Å². The number of furan rings is 1. The highest BCUT2D eigenvalue weighted by Gasteiger charge is 2.14. The first-order valence-corrected chi connectivity index (χ1v) is 11.9. The Morgan fingerprint density at radius 1 is 1.12 bits per heavy atom. The lowest BCUT2D eigenvalue weighted by Crippen LogP contribution is -2.10. The maximum absolute atomic E-state index is 12.4. The van der Waals surface area contributed by atoms with Crippen LogP contribution in [0, 0.1) is 0 Å². The second kappa shape index (κ2) is 8.88. The number of hydrogen-bond acceptors (Lipinski definition) is 9. The number of aromatic amines is 1. The fourth-order valence-corrected chi connectivity index (χ4v) is 5.15. The molecule has 0 amide bonds. The van der Waals surface area contributed by atoms with Crippen molar-refractivity contribution < 1.29 is 13.2 Å². The molecule has 32 heavy (non-hydrogen) atoms. The van der Waals surface area contributed by atoms with Gasteiger partial charge in [0.1, 0.15) is 16.9 Å². The number of nitrogens with one attached hydrogen (secondary N) is 2. The summed E-state index contributed by atoms with van der Waals surface area (Å²) in [6, 6.07) is 14.0. The average molecular weight is 490 g/mol. The minimum Gasteiger partial charge on any atom is -0.449 e. The van der Waals surface area contributed by atoms with Gasteiger partial charge in [-0.2, -0.15) is 8.78 Å². The molecule has 0 spiro atoms. The highest BCUT2D eigenvalue weighted by molar-refractivity contribution is 8.00. The number of fused-ring (bicyclic) bond motifs is 3. The van der Waals surface area contributed by atoms with Crippen LogP contribution in [0.1, 0.15) is 5.82 Å². The van der Waals surface area contributed by atoms with Gasteiger partial charge in [0.2, 0.25) is 10.7 Å². The van der Waals surface area contributed by atoms with E-state index in [1.165, 1.54) is 23.1 Å². The molecule has 0 aliphatic carbocycles. The first kappa shape index (κ1) is 20.9. The van der Waals surface area contributed by atoms with Gasteiger partial charge < -0.3 is 14.7 Å². The molecule has 2 N–H and O–H groups in total. The van der Waals surface area contributed by atoms with Gasteiger partial charge in [-0.25, -0.2) is 4.98 Å². The summed E-state index contributed by atoms with van der Waals surface area (Å²) < 4.78 is 31.1. The Hall–Kier alpha value is -2.96. The first-order chi connectivity index (χ1) is 15.5. The number of benzene rings is 2. The quantitative estimate of drug-likeness (QED) is 0.274. The molecule has 0 aliphatic heterocycles. The van der Waals surface area contributed by atoms with Crippen molar-refractivity contribution in [1.82, 2.24) is 20.2 Å². The highest BCUT2D eigenvalue weighted by Crippen LogP contribution is 2.31. The second-order valence-electron chi connectivity index (χ2n) is 6.48. The molecule has 7 nitrogen and oxygen atoms in total. The van der Waals surface area contributed by atoms with Crippen molar-refractivity contribution in [2.24, 2.45) is 0 Å². The Labute approximate surface area is 191 Å². The number of thioether (sulfide) groups is 2. The third-order valence-electron chi connectivity index (χ3n) is 4.35. The number of hydrogen-bond donors (Lipinski definition) is 2. The zero-order chi connectivity index (χ0) is 22.1. The summed E-state index contributed by atoms with van der Waals surface area (Å²) in [4.78, 5) is 20.2. The van der Waals surface area contributed by atoms with Crippen molar-refractivity contribution in [2.45, 2.75) is 20.7 Å². The number of rotatable bonds is 7. The number of halogens is 2. The minimum absolute atomic E-state index is 0.209. The van der Waals surface area contributed by atoms with E-state index in [0.29, 0.717) is 48.8 Å². The third-order valence-corrected chi connectivity index (χ3v) is 7.06. The summed E-state index contributed by atoms with van der Waals surface area (Å²) in [5.41, 5.74) is 1.76. The van der Waals surface area contributed by atoms with Gasteiger partial charge in [-0.1, -0.05) is 47.0 Å². The number of H-pyrrole nitrogens is 1. The van der Waals surface area contributed by atoms with Crippen molar-refractivity contribution in [3.8, 4) is 0 Å². The zero-order valence-electron chi connectivity index (χ0n) is 16.0. The van der Waals surface area contributed by atoms with E-state index in [-0.39, 0.29) is 11.1 Å². The van der Waals surface area contributed by atoms with Crippen LogP contribution in [0.25, 0.3) is 22.1 Å². The van der Waals surface area contributed by atoms with Gasteiger partial charge >= 0.3 is 0 Å². The van der Waals surface area contributed by atoms with Crippen LogP contribution < -0.4 is 10.9 Å². The Kier molecular flexibility index (Phi) is 5.81. The molecule has 5 aromatic rings. The van der Waals surface area contributed by atoms with Crippen LogP contribution in [-0.4, -0.2) is 25.9 Å². The van der Waals surface area contributed by atoms with Crippen molar-refractivity contribution in [3.63, 3.8) is 0 Å². The van der Waals surface area contributed by atoms with Gasteiger partial charge in [0.05, 0.1) is 5.75 Å². The van der Waals surface area contributed by atoms with Crippen LogP contribution in [-0.2, 0) is 5.75 Å². The first-order valence-electron chi connectivity index (χ1n) is 9.24. The van der Waals surface area contributed by atoms with E-state index < -0.39 is 5.76 Å². The summed E-state index contributed by atoms with van der Waals surface area (Å²) in [6.45, 7) is 0. The molecule has 3 heterocycles. The Bertz CT molecular complexity index is 1450. The third kappa shape index (κ3) is 4.47. The van der Waals surface area contributed by atoms with Gasteiger partial charge in [-0.15, -0.1) is 10.2 Å². The number of anilines is 2. The van der Waals surface area contributed by atoms with E-state index in [1.54, 1.807) is 30.3 Å². The normalized spacial score (nSPS) is 11.6. The predicted molar refractivity (Wildman–Crippen MR) is 123 cm³/mol. The second-order valence-corrected chi connectivity index (χ2v) is 9.74. The fraction of sp³-hybridized carbons (Fsp3) is 0.100. The van der Waals surface area contributed by atoms with Gasteiger partial charge in [0, 0.05) is 16.0 Å². The SMILES string of the molecule is O=c1[nH]c(CSc2nnc(Nc3ccc(SC(F)F)cc3)s2)nc2c1oc1ccccc12. The van der Waals surface area contributed by atoms with E-state index in [2.05, 4.69) is 25.5 Å². The van der Waals surface area contributed by atoms with Crippen LogP contribution in [0.4, 0.5) is 19.6 Å². The standard InChI is InChI=1S/C20H13F2N5O2S3/c21-18(22)31-11-7-5-10(6-8-11)23-19-26-27-20(32-19)30-9-14-24-15-12-3-1-2-4-13(12)29-16(15)17(28)25-14/h1-8,18H,9H2,(H,23,26)(H,24,25,28). The van der Waals surface area contributed by atoms with E-state index in [0.717, 1.165) is 11.1 Å². The zero-order valence-corrected chi connectivity index (χ0v) is 18.5. The van der Waals surface area contributed by atoms with E-state index >= 15 is 0 Å². The molecule has 162 valence electrons. The summed E-state index contributed by atoms with van der Waals surface area (Å²) in [6.07, 6.45) is 0. The molecule has 3 aromatic heterocycles. The molecular formula is C20H13F2N5O2S3. The number of aromatic nitrogens is 4. The molecule has 0 atom stereocenters. The topological polar surface area (TPSA) is 96.7 Å². The smallest absolute Gasteiger partial charge is 0.294 e. The van der Waals surface area contributed by atoms with Crippen LogP contribution in [0.5, 0.6) is 0 Å². The molecular weight excluding hydrogens is 476 g/mol. The lowest BCUT2D eigenvalue weighted by Gasteiger charge is -2.03. The van der Waals surface area contributed by atoms with Crippen LogP contribution in [0.2, 0.25) is 0 Å². The molecule has 0 unspecified atom stereocenters. The lowest BCUT2D eigenvalue weighted by atomic mass is 10.2. The Morgan fingerprint density at radius 3 is 2.75 bits per heavy atom. The molecule has 12 heteroatoms. The van der Waals surface area contributed by atoms with Crippen molar-refractivity contribution in [1.29, 1.82) is 0 Å². The molecule has 5 rings (SSSR count). The molecule has 0 saturated heterocycles. The Morgan fingerprint density at radius 2 is 1.94 bits per heavy atom. The maximum Gasteiger partial charge on any atom is 0.294 e. The summed E-state index contributed by atoms with van der Waals surface area (Å²) >= 11 is 3.23. The molecule has 0 fully saturated rings. The van der Waals surface area contributed by atoms with Crippen molar-refractivity contribution >= 4 is 67.7 Å². The number of para-hydroxylation sites is 1. The van der Waals surface area contributed by atoms with Crippen molar-refractivity contribution in [3.05, 3.63) is 64.7 Å². The van der Waals surface area contributed by atoms with E-state index in [4.69, 9.17) is 4.42 Å². The van der Waals surface area contributed by atoms with Gasteiger partial charge in [-0.3, -0.25) is 4.79 Å². The summed E-state index contributed by atoms with van der Waals surface area (Å²) in [7, 11) is 0. The minimum atomic E-state index is -2.45. The Balaban J connectivity index is 1.27. The average Bonchev–Trinajstić information content (AvgIpc) is 3.38. The van der Waals surface area contributed by atoms with Crippen molar-refractivity contribution in [2.75, 3.05) is 5.32 Å². The van der Waals surface area contributed by atoms with Crippen LogP contribution in [0.15, 0.2) is 67.0 Å². The van der Waals surface area contributed by atoms with Gasteiger partial charge in [-0.05, 0) is 36.4 Å². The molecule has 0 bridgehead atoms. The fourth-order valence-electron chi connectivity index (χ4n) is 3.01. The number of nitrogens with zero attached hydrogens (tertiary/aromatic N) is 3. The van der Waals surface area contributed by atoms with E-state index in [9.17, 15) is 13.6 Å². The highest BCUT2D eigenvalue weighted by atomic mass is 32.2. The summed E-state index contributed by atoms with van der Waals surface area (Å²) in [5, 5.41) is 12.7.